The Labute approximate surface area is 191 Å². The van der Waals surface area contributed by atoms with Gasteiger partial charge in [0.05, 0.1) is 22.2 Å². The molecule has 0 spiro atoms. The molecule has 0 radical (unpaired) electrons. The van der Waals surface area contributed by atoms with Gasteiger partial charge in [0.25, 0.3) is 0 Å². The Hall–Kier alpha value is -1.96. The molecule has 3 heterocycles. The van der Waals surface area contributed by atoms with Crippen LogP contribution in [-0.4, -0.2) is 72.2 Å². The van der Waals surface area contributed by atoms with Crippen LogP contribution in [0.4, 0.5) is 5.69 Å². The summed E-state index contributed by atoms with van der Waals surface area (Å²) in [6, 6.07) is 6.15. The number of anilines is 1. The third-order valence-electron chi connectivity index (χ3n) is 5.64. The molecule has 10 nitrogen and oxygen atoms in total. The number of hydrogen-bond acceptors (Lipinski definition) is 8. The van der Waals surface area contributed by atoms with Gasteiger partial charge in [-0.25, -0.2) is 16.8 Å². The molecule has 0 saturated carbocycles. The van der Waals surface area contributed by atoms with E-state index in [-0.39, 0.29) is 34.0 Å². The number of carbonyl (C=O) groups excluding carboxylic acids is 1. The van der Waals surface area contributed by atoms with Crippen LogP contribution >= 0.6 is 11.8 Å². The Morgan fingerprint density at radius 2 is 1.88 bits per heavy atom. The molecule has 1 amide bonds. The second kappa shape index (κ2) is 9.12. The summed E-state index contributed by atoms with van der Waals surface area (Å²) in [7, 11) is -4.74. The molecular formula is C19H25N5O5S3. The number of nitrogens with zero attached hydrogens (tertiary/aromatic N) is 4. The zero-order valence-corrected chi connectivity index (χ0v) is 20.0. The molecular weight excluding hydrogens is 474 g/mol. The molecule has 2 aromatic rings. The van der Waals surface area contributed by atoms with E-state index in [9.17, 15) is 21.6 Å². The molecule has 1 aromatic carbocycles. The summed E-state index contributed by atoms with van der Waals surface area (Å²) >= 11 is 1.20. The summed E-state index contributed by atoms with van der Waals surface area (Å²) in [6.07, 6.45) is 2.28. The largest absolute Gasteiger partial charge is 0.325 e. The Morgan fingerprint density at radius 1 is 1.19 bits per heavy atom. The fourth-order valence-electron chi connectivity index (χ4n) is 3.92. The highest BCUT2D eigenvalue weighted by Crippen LogP contribution is 2.29. The maximum Gasteiger partial charge on any atom is 0.243 e. The molecule has 174 valence electrons. The van der Waals surface area contributed by atoms with Crippen molar-refractivity contribution < 1.29 is 21.6 Å². The third kappa shape index (κ3) is 5.00. The van der Waals surface area contributed by atoms with Crippen LogP contribution in [-0.2, 0) is 31.7 Å². The Morgan fingerprint density at radius 3 is 2.50 bits per heavy atom. The Bertz CT molecular complexity index is 1200. The quantitative estimate of drug-likeness (QED) is 0.563. The van der Waals surface area contributed by atoms with Crippen LogP contribution in [0.3, 0.4) is 0 Å². The number of rotatable bonds is 7. The molecule has 32 heavy (non-hydrogen) atoms. The minimum absolute atomic E-state index is 0.0770. The van der Waals surface area contributed by atoms with Gasteiger partial charge >= 0.3 is 0 Å². The van der Waals surface area contributed by atoms with Crippen molar-refractivity contribution in [2.75, 3.05) is 35.7 Å². The first kappa shape index (κ1) is 23.2. The monoisotopic (exact) mass is 499 g/mol. The molecule has 1 unspecified atom stereocenters. The summed E-state index contributed by atoms with van der Waals surface area (Å²) in [4.78, 5) is 12.6. The van der Waals surface area contributed by atoms with Crippen LogP contribution < -0.4 is 5.32 Å². The van der Waals surface area contributed by atoms with Crippen molar-refractivity contribution in [1.29, 1.82) is 0 Å². The Kier molecular flexibility index (Phi) is 6.61. The molecule has 2 saturated heterocycles. The number of hydrogen-bond donors (Lipinski definition) is 1. The maximum atomic E-state index is 12.6. The molecule has 4 rings (SSSR count). The molecule has 1 atom stereocenters. The highest BCUT2D eigenvalue weighted by molar-refractivity contribution is 7.99. The first-order valence-electron chi connectivity index (χ1n) is 10.3. The van der Waals surface area contributed by atoms with Gasteiger partial charge < -0.3 is 9.88 Å². The van der Waals surface area contributed by atoms with Crippen molar-refractivity contribution in [2.24, 2.45) is 7.05 Å². The lowest BCUT2D eigenvalue weighted by Crippen LogP contribution is -2.27. The average molecular weight is 500 g/mol. The molecule has 2 fully saturated rings. The number of sulfonamides is 1. The van der Waals surface area contributed by atoms with E-state index in [1.165, 1.54) is 28.2 Å². The van der Waals surface area contributed by atoms with E-state index in [0.717, 1.165) is 12.8 Å². The standard InChI is InChI=1S/C19H25N5O5S3/c1-23-18(14-8-11-31(26,27)13-14)21-22-19(23)30-12-17(25)20-15-4-6-16(7-5-15)32(28,29)24-9-2-3-10-24/h4-7,14H,2-3,8-13H2,1H3,(H,20,25). The van der Waals surface area contributed by atoms with Crippen LogP contribution in [0.15, 0.2) is 34.3 Å². The van der Waals surface area contributed by atoms with E-state index >= 15 is 0 Å². The van der Waals surface area contributed by atoms with Crippen LogP contribution in [0.1, 0.15) is 31.0 Å². The number of nitrogens with one attached hydrogen (secondary N) is 1. The van der Waals surface area contributed by atoms with Gasteiger partial charge in [-0.15, -0.1) is 10.2 Å². The van der Waals surface area contributed by atoms with Crippen LogP contribution in [0.25, 0.3) is 0 Å². The van der Waals surface area contributed by atoms with Crippen LogP contribution in [0.2, 0.25) is 0 Å². The highest BCUT2D eigenvalue weighted by atomic mass is 32.2. The van der Waals surface area contributed by atoms with Crippen molar-refractivity contribution in [2.45, 2.75) is 35.2 Å². The fourth-order valence-corrected chi connectivity index (χ4v) is 7.90. The van der Waals surface area contributed by atoms with E-state index in [1.807, 2.05) is 0 Å². The lowest BCUT2D eigenvalue weighted by molar-refractivity contribution is -0.113. The highest BCUT2D eigenvalue weighted by Gasteiger charge is 2.32. The number of aromatic nitrogens is 3. The summed E-state index contributed by atoms with van der Waals surface area (Å²) in [5, 5.41) is 11.5. The summed E-state index contributed by atoms with van der Waals surface area (Å²) in [6.45, 7) is 1.08. The zero-order chi connectivity index (χ0) is 22.9. The first-order chi connectivity index (χ1) is 15.2. The number of thioether (sulfide) groups is 1. The topological polar surface area (TPSA) is 131 Å². The minimum atomic E-state index is -3.49. The average Bonchev–Trinajstić information content (AvgIpc) is 3.48. The van der Waals surface area contributed by atoms with Crippen molar-refractivity contribution in [3.8, 4) is 0 Å². The van der Waals surface area contributed by atoms with Gasteiger partial charge in [0, 0.05) is 31.7 Å². The second-order valence-electron chi connectivity index (χ2n) is 7.97. The summed E-state index contributed by atoms with van der Waals surface area (Å²) in [5.41, 5.74) is 0.505. The predicted octanol–water partition coefficient (Wildman–Crippen LogP) is 1.23. The van der Waals surface area contributed by atoms with Gasteiger partial charge in [-0.05, 0) is 43.5 Å². The van der Waals surface area contributed by atoms with E-state index in [4.69, 9.17) is 0 Å². The molecule has 2 aliphatic heterocycles. The zero-order valence-electron chi connectivity index (χ0n) is 17.6. The Balaban J connectivity index is 1.33. The van der Waals surface area contributed by atoms with Gasteiger partial charge in [0.15, 0.2) is 15.0 Å². The predicted molar refractivity (Wildman–Crippen MR) is 121 cm³/mol. The lowest BCUT2D eigenvalue weighted by atomic mass is 10.1. The van der Waals surface area contributed by atoms with Gasteiger partial charge in [0.2, 0.25) is 15.9 Å². The van der Waals surface area contributed by atoms with Crippen molar-refractivity contribution in [3.63, 3.8) is 0 Å². The minimum Gasteiger partial charge on any atom is -0.325 e. The molecule has 13 heteroatoms. The van der Waals surface area contributed by atoms with Crippen molar-refractivity contribution >= 4 is 43.2 Å². The number of amides is 1. The second-order valence-corrected chi connectivity index (χ2v) is 13.1. The fraction of sp³-hybridized carbons (Fsp3) is 0.526. The van der Waals surface area contributed by atoms with Crippen LogP contribution in [0, 0.1) is 0 Å². The number of benzene rings is 1. The normalized spacial score (nSPS) is 21.1. The molecule has 2 aliphatic rings. The number of carbonyl (C=O) groups is 1. The first-order valence-corrected chi connectivity index (χ1v) is 14.5. The number of sulfone groups is 1. The summed E-state index contributed by atoms with van der Waals surface area (Å²) in [5.74, 6) is 0.502. The van der Waals surface area contributed by atoms with E-state index in [0.29, 0.717) is 36.2 Å². The van der Waals surface area contributed by atoms with E-state index in [1.54, 1.807) is 23.7 Å². The van der Waals surface area contributed by atoms with Crippen LogP contribution in [0.5, 0.6) is 0 Å². The SMILES string of the molecule is Cn1c(SCC(=O)Nc2ccc(S(=O)(=O)N3CCCC3)cc2)nnc1C1CCS(=O)(=O)C1. The van der Waals surface area contributed by atoms with E-state index in [2.05, 4.69) is 15.5 Å². The summed E-state index contributed by atoms with van der Waals surface area (Å²) < 4.78 is 51.8. The molecule has 1 aromatic heterocycles. The van der Waals surface area contributed by atoms with Crippen molar-refractivity contribution in [1.82, 2.24) is 19.1 Å². The molecule has 0 bridgehead atoms. The van der Waals surface area contributed by atoms with Gasteiger partial charge in [-0.2, -0.15) is 4.31 Å². The molecule has 0 aliphatic carbocycles. The van der Waals surface area contributed by atoms with Crippen molar-refractivity contribution in [3.05, 3.63) is 30.1 Å². The molecule has 1 N–H and O–H groups in total. The maximum absolute atomic E-state index is 12.6. The third-order valence-corrected chi connectivity index (χ3v) is 10.3. The van der Waals surface area contributed by atoms with Gasteiger partial charge in [0.1, 0.15) is 5.82 Å². The van der Waals surface area contributed by atoms with E-state index < -0.39 is 19.9 Å². The smallest absolute Gasteiger partial charge is 0.243 e. The van der Waals surface area contributed by atoms with Gasteiger partial charge in [-0.1, -0.05) is 11.8 Å². The van der Waals surface area contributed by atoms with Gasteiger partial charge in [-0.3, -0.25) is 4.79 Å². The lowest BCUT2D eigenvalue weighted by Gasteiger charge is -2.15.